The molecule has 8 heteroatoms. The van der Waals surface area contributed by atoms with Crippen LogP contribution in [0.15, 0.2) is 48.2 Å². The first-order chi connectivity index (χ1) is 14.5. The largest absolute Gasteiger partial charge is 0.497 e. The van der Waals surface area contributed by atoms with Gasteiger partial charge in [-0.25, -0.2) is 4.98 Å². The quantitative estimate of drug-likeness (QED) is 0.658. The van der Waals surface area contributed by atoms with E-state index in [4.69, 9.17) is 10.5 Å². The number of aromatic nitrogens is 2. The van der Waals surface area contributed by atoms with Crippen molar-refractivity contribution in [3.8, 4) is 5.75 Å². The van der Waals surface area contributed by atoms with Gasteiger partial charge in [0.1, 0.15) is 16.7 Å². The first-order valence-electron chi connectivity index (χ1n) is 9.60. The number of nitrogens with two attached hydrogens (primary N) is 1. The summed E-state index contributed by atoms with van der Waals surface area (Å²) in [6.07, 6.45) is 4.68. The van der Waals surface area contributed by atoms with Crippen molar-refractivity contribution in [1.82, 2.24) is 14.9 Å². The number of hydrogen-bond donors (Lipinski definition) is 1. The number of nitrogens with zero attached hydrogens (tertiary/aromatic N) is 3. The molecular formula is C22H22N4O3S. The van der Waals surface area contributed by atoms with Crippen LogP contribution in [0, 0.1) is 6.92 Å². The molecule has 0 fully saturated rings. The van der Waals surface area contributed by atoms with Gasteiger partial charge in [0.15, 0.2) is 0 Å². The minimum Gasteiger partial charge on any atom is -0.497 e. The van der Waals surface area contributed by atoms with Gasteiger partial charge in [-0.1, -0.05) is 12.1 Å². The van der Waals surface area contributed by atoms with Crippen molar-refractivity contribution in [1.29, 1.82) is 0 Å². The summed E-state index contributed by atoms with van der Waals surface area (Å²) in [4.78, 5) is 36.8. The van der Waals surface area contributed by atoms with E-state index in [2.05, 4.69) is 9.97 Å². The molecule has 4 rings (SSSR count). The van der Waals surface area contributed by atoms with Gasteiger partial charge < -0.3 is 15.4 Å². The molecule has 30 heavy (non-hydrogen) atoms. The second kappa shape index (κ2) is 8.23. The molecule has 0 radical (unpaired) electrons. The van der Waals surface area contributed by atoms with Gasteiger partial charge in [0.2, 0.25) is 5.91 Å². The molecule has 0 aliphatic heterocycles. The predicted octanol–water partition coefficient (Wildman–Crippen LogP) is 3.21. The number of ether oxygens (including phenoxy) is 1. The van der Waals surface area contributed by atoms with Gasteiger partial charge in [-0.3, -0.25) is 14.6 Å². The van der Waals surface area contributed by atoms with Crippen LogP contribution in [-0.2, 0) is 11.2 Å². The van der Waals surface area contributed by atoms with Gasteiger partial charge in [-0.05, 0) is 49.1 Å². The third-order valence-electron chi connectivity index (χ3n) is 5.45. The zero-order valence-corrected chi connectivity index (χ0v) is 17.6. The smallest absolute Gasteiger partial charge is 0.267 e. The van der Waals surface area contributed by atoms with Crippen LogP contribution in [-0.4, -0.2) is 33.8 Å². The maximum atomic E-state index is 13.7. The molecule has 2 aromatic heterocycles. The third kappa shape index (κ3) is 3.54. The van der Waals surface area contributed by atoms with Crippen LogP contribution in [0.4, 0.5) is 0 Å². The standard InChI is InChI=1S/C22H22N4O3S/c1-13-20(30-12-25-13)22(28)26(19(21(23)27)15-4-3-9-24-11-15)18-8-5-14-10-16(29-2)6-7-17(14)18/h3-4,6-7,9-12,18-19H,5,8H2,1-2H3,(H2,23,27)/t18-,19?/m1/s1. The van der Waals surface area contributed by atoms with Crippen molar-refractivity contribution >= 4 is 23.2 Å². The summed E-state index contributed by atoms with van der Waals surface area (Å²) in [7, 11) is 1.63. The Bertz CT molecular complexity index is 1080. The summed E-state index contributed by atoms with van der Waals surface area (Å²) in [5.41, 5.74) is 10.8. The molecule has 0 spiro atoms. The van der Waals surface area contributed by atoms with Gasteiger partial charge in [-0.15, -0.1) is 11.3 Å². The Hall–Kier alpha value is -3.26. The van der Waals surface area contributed by atoms with Crippen LogP contribution < -0.4 is 10.5 Å². The molecule has 0 bridgehead atoms. The number of thiazole rings is 1. The number of hydrogen-bond acceptors (Lipinski definition) is 6. The molecule has 154 valence electrons. The van der Waals surface area contributed by atoms with Gasteiger partial charge in [0.05, 0.1) is 24.4 Å². The van der Waals surface area contributed by atoms with E-state index in [-0.39, 0.29) is 11.9 Å². The highest BCUT2D eigenvalue weighted by Gasteiger charge is 2.40. The molecular weight excluding hydrogens is 400 g/mol. The van der Waals surface area contributed by atoms with Gasteiger partial charge >= 0.3 is 0 Å². The fourth-order valence-corrected chi connectivity index (χ4v) is 4.80. The van der Waals surface area contributed by atoms with E-state index >= 15 is 0 Å². The molecule has 1 aliphatic rings. The first kappa shape index (κ1) is 20.0. The summed E-state index contributed by atoms with van der Waals surface area (Å²) in [6.45, 7) is 1.79. The predicted molar refractivity (Wildman–Crippen MR) is 113 cm³/mol. The maximum absolute atomic E-state index is 13.7. The van der Waals surface area contributed by atoms with Crippen LogP contribution in [0.2, 0.25) is 0 Å². The molecule has 1 unspecified atom stereocenters. The number of methoxy groups -OCH3 is 1. The second-order valence-corrected chi connectivity index (χ2v) is 8.04. The van der Waals surface area contributed by atoms with Crippen LogP contribution in [0.25, 0.3) is 0 Å². The molecule has 2 atom stereocenters. The average Bonchev–Trinajstić information content (AvgIpc) is 3.37. The Morgan fingerprint density at radius 2 is 2.17 bits per heavy atom. The Morgan fingerprint density at radius 3 is 2.80 bits per heavy atom. The van der Waals surface area contributed by atoms with Crippen molar-refractivity contribution < 1.29 is 14.3 Å². The summed E-state index contributed by atoms with van der Waals surface area (Å²) < 4.78 is 5.34. The Labute approximate surface area is 178 Å². The van der Waals surface area contributed by atoms with E-state index in [9.17, 15) is 9.59 Å². The molecule has 1 aromatic carbocycles. The number of benzene rings is 1. The van der Waals surface area contributed by atoms with Gasteiger partial charge in [-0.2, -0.15) is 0 Å². The highest BCUT2D eigenvalue weighted by Crippen LogP contribution is 2.42. The fraction of sp³-hybridized carbons (Fsp3) is 0.273. The van der Waals surface area contributed by atoms with Crippen LogP contribution in [0.5, 0.6) is 5.75 Å². The Morgan fingerprint density at radius 1 is 1.33 bits per heavy atom. The molecule has 2 heterocycles. The van der Waals surface area contributed by atoms with Gasteiger partial charge in [0, 0.05) is 18.0 Å². The van der Waals surface area contributed by atoms with Crippen molar-refractivity contribution in [2.24, 2.45) is 5.73 Å². The molecule has 0 saturated heterocycles. The molecule has 3 aromatic rings. The zero-order chi connectivity index (χ0) is 21.3. The summed E-state index contributed by atoms with van der Waals surface area (Å²) in [5.74, 6) is -0.0823. The summed E-state index contributed by atoms with van der Waals surface area (Å²) >= 11 is 1.27. The van der Waals surface area contributed by atoms with Crippen molar-refractivity contribution in [2.45, 2.75) is 31.8 Å². The fourth-order valence-electron chi connectivity index (χ4n) is 4.05. The number of aryl methyl sites for hydroxylation is 2. The molecule has 7 nitrogen and oxygen atoms in total. The van der Waals surface area contributed by atoms with Crippen LogP contribution in [0.3, 0.4) is 0 Å². The summed E-state index contributed by atoms with van der Waals surface area (Å²) in [6, 6.07) is 8.10. The van der Waals surface area contributed by atoms with Crippen molar-refractivity contribution in [3.05, 3.63) is 75.5 Å². The average molecular weight is 423 g/mol. The lowest BCUT2D eigenvalue weighted by Gasteiger charge is -2.35. The summed E-state index contributed by atoms with van der Waals surface area (Å²) in [5, 5.41) is 0. The molecule has 0 saturated carbocycles. The number of pyridine rings is 1. The molecule has 2 amide bonds. The minimum absolute atomic E-state index is 0.253. The van der Waals surface area contributed by atoms with E-state index < -0.39 is 11.9 Å². The lowest BCUT2D eigenvalue weighted by molar-refractivity contribution is -0.123. The number of rotatable bonds is 6. The van der Waals surface area contributed by atoms with Crippen molar-refractivity contribution in [3.63, 3.8) is 0 Å². The SMILES string of the molecule is COc1ccc2c(c1)CC[C@H]2N(C(=O)c1scnc1C)C(C(N)=O)c1cccnc1. The lowest BCUT2D eigenvalue weighted by atomic mass is 10.00. The number of carbonyl (C=O) groups excluding carboxylic acids is 2. The minimum atomic E-state index is -0.939. The van der Waals surface area contributed by atoms with E-state index in [0.717, 1.165) is 23.3 Å². The first-order valence-corrected chi connectivity index (χ1v) is 10.5. The lowest BCUT2D eigenvalue weighted by Crippen LogP contribution is -2.43. The normalized spacial score (nSPS) is 16.0. The Kier molecular flexibility index (Phi) is 5.50. The highest BCUT2D eigenvalue weighted by molar-refractivity contribution is 7.11. The number of amides is 2. The van der Waals surface area contributed by atoms with E-state index in [1.165, 1.54) is 11.3 Å². The topological polar surface area (TPSA) is 98.4 Å². The molecule has 2 N–H and O–H groups in total. The monoisotopic (exact) mass is 422 g/mol. The van der Waals surface area contributed by atoms with Crippen LogP contribution >= 0.6 is 11.3 Å². The number of primary amides is 1. The van der Waals surface area contributed by atoms with Crippen LogP contribution in [0.1, 0.15) is 50.6 Å². The van der Waals surface area contributed by atoms with E-state index in [1.54, 1.807) is 49.0 Å². The highest BCUT2D eigenvalue weighted by atomic mass is 32.1. The van der Waals surface area contributed by atoms with E-state index in [0.29, 0.717) is 22.6 Å². The third-order valence-corrected chi connectivity index (χ3v) is 6.37. The van der Waals surface area contributed by atoms with Crippen molar-refractivity contribution in [2.75, 3.05) is 7.11 Å². The number of carbonyl (C=O) groups is 2. The maximum Gasteiger partial charge on any atom is 0.267 e. The Balaban J connectivity index is 1.84. The van der Waals surface area contributed by atoms with Gasteiger partial charge in [0.25, 0.3) is 5.91 Å². The zero-order valence-electron chi connectivity index (χ0n) is 16.7. The van der Waals surface area contributed by atoms with E-state index in [1.807, 2.05) is 18.2 Å². The molecule has 1 aliphatic carbocycles. The number of fused-ring (bicyclic) bond motifs is 1. The second-order valence-electron chi connectivity index (χ2n) is 7.19.